The standard InChI is InChI=1S/C15H22N4O2S/c1-4-6-8-19-14(22)12-13(18(5-2)15(19)21)16-10-17(12)9-7-11(3)20/h10H,4-9H2,1-3H3. The smallest absolute Gasteiger partial charge is 0.326 e. The van der Waals surface area contributed by atoms with Crippen LogP contribution in [0, 0.1) is 4.64 Å². The van der Waals surface area contributed by atoms with Crippen molar-refractivity contribution < 1.29 is 4.79 Å². The van der Waals surface area contributed by atoms with Crippen LogP contribution in [0.3, 0.4) is 0 Å². The molecule has 0 spiro atoms. The Balaban J connectivity index is 2.65. The molecule has 0 bridgehead atoms. The van der Waals surface area contributed by atoms with Crippen molar-refractivity contribution in [2.45, 2.75) is 59.7 Å². The second-order valence-corrected chi connectivity index (χ2v) is 5.79. The monoisotopic (exact) mass is 322 g/mol. The van der Waals surface area contributed by atoms with Crippen molar-refractivity contribution >= 4 is 29.2 Å². The van der Waals surface area contributed by atoms with Crippen LogP contribution in [-0.2, 0) is 24.4 Å². The lowest BCUT2D eigenvalue weighted by Crippen LogP contribution is -2.31. The van der Waals surface area contributed by atoms with Crippen LogP contribution in [0.5, 0.6) is 0 Å². The highest BCUT2D eigenvalue weighted by Crippen LogP contribution is 2.14. The quantitative estimate of drug-likeness (QED) is 0.735. The summed E-state index contributed by atoms with van der Waals surface area (Å²) in [6.07, 6.45) is 3.99. The van der Waals surface area contributed by atoms with Crippen LogP contribution >= 0.6 is 12.2 Å². The third-order valence-corrected chi connectivity index (χ3v) is 4.15. The minimum absolute atomic E-state index is 0.106. The molecule has 2 aromatic rings. The molecule has 2 aromatic heterocycles. The van der Waals surface area contributed by atoms with Crippen molar-refractivity contribution in [3.05, 3.63) is 21.5 Å². The molecule has 0 unspecified atom stereocenters. The van der Waals surface area contributed by atoms with E-state index in [1.807, 2.05) is 11.5 Å². The number of fused-ring (bicyclic) bond motifs is 1. The highest BCUT2D eigenvalue weighted by molar-refractivity contribution is 7.71. The Morgan fingerprint density at radius 3 is 2.59 bits per heavy atom. The molecule has 0 aliphatic carbocycles. The van der Waals surface area contributed by atoms with Crippen LogP contribution in [0.25, 0.3) is 11.2 Å². The summed E-state index contributed by atoms with van der Waals surface area (Å²) in [5.74, 6) is 0.121. The van der Waals surface area contributed by atoms with Crippen LogP contribution in [0.2, 0.25) is 0 Å². The molecule has 0 aliphatic rings. The third-order valence-electron chi connectivity index (χ3n) is 3.74. The topological polar surface area (TPSA) is 61.8 Å². The maximum Gasteiger partial charge on any atom is 0.330 e. The molecular weight excluding hydrogens is 300 g/mol. The van der Waals surface area contributed by atoms with Crippen LogP contribution in [-0.4, -0.2) is 24.5 Å². The van der Waals surface area contributed by atoms with Crippen molar-refractivity contribution in [2.75, 3.05) is 0 Å². The number of unbranched alkanes of at least 4 members (excludes halogenated alkanes) is 1. The van der Waals surface area contributed by atoms with E-state index in [0.29, 0.717) is 36.3 Å². The fourth-order valence-corrected chi connectivity index (χ4v) is 2.86. The van der Waals surface area contributed by atoms with Crippen LogP contribution in [0.1, 0.15) is 40.0 Å². The number of ketones is 1. The first-order valence-corrected chi connectivity index (χ1v) is 8.10. The molecule has 0 fully saturated rings. The number of aryl methyl sites for hydroxylation is 2. The number of carbonyl (C=O) groups is 1. The molecule has 0 N–H and O–H groups in total. The number of nitrogens with zero attached hydrogens (tertiary/aromatic N) is 4. The minimum Gasteiger partial charge on any atom is -0.326 e. The van der Waals surface area contributed by atoms with Gasteiger partial charge in [0.2, 0.25) is 0 Å². The second kappa shape index (κ2) is 7.00. The lowest BCUT2D eigenvalue weighted by Gasteiger charge is -2.12. The van der Waals surface area contributed by atoms with E-state index in [-0.39, 0.29) is 11.5 Å². The van der Waals surface area contributed by atoms with Gasteiger partial charge in [0.25, 0.3) is 0 Å². The number of imidazole rings is 1. The fourth-order valence-electron chi connectivity index (χ4n) is 2.48. The number of rotatable bonds is 7. The molecule has 2 rings (SSSR count). The normalized spacial score (nSPS) is 11.2. The van der Waals surface area contributed by atoms with E-state index in [1.54, 1.807) is 22.4 Å². The first-order valence-electron chi connectivity index (χ1n) is 7.69. The Morgan fingerprint density at radius 1 is 1.27 bits per heavy atom. The number of hydrogen-bond donors (Lipinski definition) is 0. The zero-order valence-electron chi connectivity index (χ0n) is 13.3. The van der Waals surface area contributed by atoms with Gasteiger partial charge >= 0.3 is 5.69 Å². The molecule has 0 saturated heterocycles. The average molecular weight is 322 g/mol. The predicted octanol–water partition coefficient (Wildman–Crippen LogP) is 2.53. The predicted molar refractivity (Wildman–Crippen MR) is 88.7 cm³/mol. The van der Waals surface area contributed by atoms with E-state index in [4.69, 9.17) is 12.2 Å². The molecule has 22 heavy (non-hydrogen) atoms. The zero-order chi connectivity index (χ0) is 16.3. The largest absolute Gasteiger partial charge is 0.330 e. The SMILES string of the molecule is CCCCn1c(=S)c2c(ncn2CCC(C)=O)n(CC)c1=O. The maximum atomic E-state index is 12.6. The summed E-state index contributed by atoms with van der Waals surface area (Å²) in [6.45, 7) is 7.26. The van der Waals surface area contributed by atoms with Gasteiger partial charge in [-0.2, -0.15) is 0 Å². The van der Waals surface area contributed by atoms with Gasteiger partial charge in [-0.1, -0.05) is 25.6 Å². The molecule has 0 atom stereocenters. The number of carbonyl (C=O) groups excluding carboxylic acids is 1. The molecule has 6 nitrogen and oxygen atoms in total. The Hall–Kier alpha value is -1.76. The van der Waals surface area contributed by atoms with Gasteiger partial charge in [0, 0.05) is 26.1 Å². The highest BCUT2D eigenvalue weighted by Gasteiger charge is 2.14. The summed E-state index contributed by atoms with van der Waals surface area (Å²) in [5.41, 5.74) is 1.27. The minimum atomic E-state index is -0.106. The molecule has 7 heteroatoms. The third kappa shape index (κ3) is 3.04. The summed E-state index contributed by atoms with van der Waals surface area (Å²) in [6, 6.07) is 0. The van der Waals surface area contributed by atoms with Crippen molar-refractivity contribution in [3.63, 3.8) is 0 Å². The van der Waals surface area contributed by atoms with Crippen molar-refractivity contribution in [1.29, 1.82) is 0 Å². The van der Waals surface area contributed by atoms with Gasteiger partial charge in [0.15, 0.2) is 5.65 Å². The van der Waals surface area contributed by atoms with E-state index in [2.05, 4.69) is 11.9 Å². The highest BCUT2D eigenvalue weighted by atomic mass is 32.1. The van der Waals surface area contributed by atoms with E-state index in [1.165, 1.54) is 0 Å². The van der Waals surface area contributed by atoms with E-state index in [9.17, 15) is 9.59 Å². The van der Waals surface area contributed by atoms with Gasteiger partial charge in [-0.3, -0.25) is 13.9 Å². The fraction of sp³-hybridized carbons (Fsp3) is 0.600. The van der Waals surface area contributed by atoms with Crippen molar-refractivity contribution in [3.8, 4) is 0 Å². The van der Waals surface area contributed by atoms with Crippen molar-refractivity contribution in [1.82, 2.24) is 18.7 Å². The van der Waals surface area contributed by atoms with Gasteiger partial charge in [-0.25, -0.2) is 9.78 Å². The van der Waals surface area contributed by atoms with Crippen molar-refractivity contribution in [2.24, 2.45) is 0 Å². The molecule has 120 valence electrons. The maximum absolute atomic E-state index is 12.6. The first kappa shape index (κ1) is 16.6. The van der Waals surface area contributed by atoms with Crippen LogP contribution < -0.4 is 5.69 Å². The summed E-state index contributed by atoms with van der Waals surface area (Å²) in [4.78, 5) is 28.1. The van der Waals surface area contributed by atoms with E-state index < -0.39 is 0 Å². The molecule has 0 radical (unpaired) electrons. The first-order chi connectivity index (χ1) is 10.5. The Bertz CT molecular complexity index is 800. The van der Waals surface area contributed by atoms with E-state index >= 15 is 0 Å². The number of Topliss-reactive ketones (excluding diaryl/α,β-unsaturated/α-hetero) is 1. The van der Waals surface area contributed by atoms with Gasteiger partial charge < -0.3 is 4.57 Å². The van der Waals surface area contributed by atoms with Gasteiger partial charge in [0.1, 0.15) is 15.9 Å². The lowest BCUT2D eigenvalue weighted by atomic mass is 10.3. The molecule has 0 saturated carbocycles. The Kier molecular flexibility index (Phi) is 5.28. The summed E-state index contributed by atoms with van der Waals surface area (Å²) >= 11 is 5.53. The van der Waals surface area contributed by atoms with Crippen LogP contribution in [0.4, 0.5) is 0 Å². The lowest BCUT2D eigenvalue weighted by molar-refractivity contribution is -0.117. The van der Waals surface area contributed by atoms with Crippen LogP contribution in [0.15, 0.2) is 11.1 Å². The second-order valence-electron chi connectivity index (χ2n) is 5.40. The van der Waals surface area contributed by atoms with Gasteiger partial charge in [0.05, 0.1) is 6.33 Å². The summed E-state index contributed by atoms with van der Waals surface area (Å²) < 4.78 is 5.69. The van der Waals surface area contributed by atoms with Gasteiger partial charge in [-0.05, 0) is 20.3 Å². The molecular formula is C15H22N4O2S. The molecule has 0 aliphatic heterocycles. The number of hydrogen-bond acceptors (Lipinski definition) is 4. The van der Waals surface area contributed by atoms with Gasteiger partial charge in [-0.15, -0.1) is 0 Å². The summed E-state index contributed by atoms with van der Waals surface area (Å²) in [7, 11) is 0. The number of aromatic nitrogens is 4. The summed E-state index contributed by atoms with van der Waals surface area (Å²) in [5, 5.41) is 0. The van der Waals surface area contributed by atoms with E-state index in [0.717, 1.165) is 18.4 Å². The zero-order valence-corrected chi connectivity index (χ0v) is 14.2. The molecule has 0 aromatic carbocycles. The average Bonchev–Trinajstić information content (AvgIpc) is 2.89. The Morgan fingerprint density at radius 2 is 2.00 bits per heavy atom. The molecule has 2 heterocycles. The Labute approximate surface area is 134 Å². The molecule has 0 amide bonds.